The van der Waals surface area contributed by atoms with Gasteiger partial charge in [-0.05, 0) is 83.8 Å². The second-order valence-corrected chi connectivity index (χ2v) is 12.2. The van der Waals surface area contributed by atoms with E-state index in [0.717, 1.165) is 28.9 Å². The Morgan fingerprint density at radius 3 is 1.64 bits per heavy atom. The molecule has 0 unspecified atom stereocenters. The largest absolute Gasteiger partial charge is 0.313 e. The van der Waals surface area contributed by atoms with Crippen LogP contribution in [0.15, 0.2) is 146 Å². The zero-order valence-electron chi connectivity index (χ0n) is 25.5. The van der Waals surface area contributed by atoms with Gasteiger partial charge in [0, 0.05) is 27.9 Å². The fraction of sp³-hybridized carbons (Fsp3) is 0.140. The first kappa shape index (κ1) is 27.3. The highest BCUT2D eigenvalue weighted by atomic mass is 15.0. The normalized spacial score (nSPS) is 13.2. The van der Waals surface area contributed by atoms with Crippen molar-refractivity contribution >= 4 is 10.9 Å². The highest BCUT2D eigenvalue weighted by Crippen LogP contribution is 2.35. The fourth-order valence-corrected chi connectivity index (χ4v) is 7.01. The van der Waals surface area contributed by atoms with Crippen LogP contribution in [-0.2, 0) is 12.8 Å². The van der Waals surface area contributed by atoms with E-state index < -0.39 is 0 Å². The highest BCUT2D eigenvalue weighted by molar-refractivity contribution is 5.88. The molecule has 2 heteroatoms. The Morgan fingerprint density at radius 1 is 0.422 bits per heavy atom. The monoisotopic (exact) mass is 580 g/mol. The second kappa shape index (κ2) is 12.1. The van der Waals surface area contributed by atoms with E-state index >= 15 is 0 Å². The van der Waals surface area contributed by atoms with Crippen molar-refractivity contribution in [1.82, 2.24) is 9.55 Å². The third kappa shape index (κ3) is 5.38. The standard InChI is InChI=1S/C43H36N2/c1-2-10-19-42-38(17-9-1)39-18-11-12-20-43(39)45(42)37-27-25-33(26-28-37)36-29-40(34-15-7-4-8-16-34)44-41(30-36)35-23-21-32(22-24-35)31-13-5-3-6-14-31/h3-8,11-16,18,20-30H,1-2,9-10,17,19H2. The van der Waals surface area contributed by atoms with E-state index in [1.807, 2.05) is 0 Å². The molecule has 1 aliphatic rings. The van der Waals surface area contributed by atoms with Crippen LogP contribution in [0.4, 0.5) is 0 Å². The van der Waals surface area contributed by atoms with Gasteiger partial charge in [-0.3, -0.25) is 0 Å². The summed E-state index contributed by atoms with van der Waals surface area (Å²) in [5, 5.41) is 1.42. The average Bonchev–Trinajstić information content (AvgIpc) is 3.40. The van der Waals surface area contributed by atoms with E-state index in [-0.39, 0.29) is 0 Å². The molecule has 8 rings (SSSR count). The lowest BCUT2D eigenvalue weighted by Gasteiger charge is -2.16. The molecular formula is C43H36N2. The maximum Gasteiger partial charge on any atom is 0.0715 e. The van der Waals surface area contributed by atoms with E-state index in [1.54, 1.807) is 5.56 Å². The SMILES string of the molecule is c1ccc(-c2ccc(-c3cc(-c4ccc(-n5c6c(c7ccccc75)CCCCCC6)cc4)cc(-c4ccccc4)n3)cc2)cc1. The van der Waals surface area contributed by atoms with Crippen molar-refractivity contribution in [2.24, 2.45) is 0 Å². The molecule has 0 saturated heterocycles. The molecule has 0 amide bonds. The molecule has 0 radical (unpaired) electrons. The van der Waals surface area contributed by atoms with Gasteiger partial charge in [-0.2, -0.15) is 0 Å². The lowest BCUT2D eigenvalue weighted by atomic mass is 9.96. The van der Waals surface area contributed by atoms with E-state index in [9.17, 15) is 0 Å². The summed E-state index contributed by atoms with van der Waals surface area (Å²) in [5.74, 6) is 0. The van der Waals surface area contributed by atoms with Crippen LogP contribution in [0.1, 0.15) is 36.9 Å². The summed E-state index contributed by atoms with van der Waals surface area (Å²) in [5.41, 5.74) is 14.6. The molecule has 2 heterocycles. The molecule has 0 spiro atoms. The van der Waals surface area contributed by atoms with Gasteiger partial charge < -0.3 is 4.57 Å². The van der Waals surface area contributed by atoms with Crippen molar-refractivity contribution < 1.29 is 0 Å². The second-order valence-electron chi connectivity index (χ2n) is 12.2. The predicted octanol–water partition coefficient (Wildman–Crippen LogP) is 11.4. The number of hydrogen-bond acceptors (Lipinski definition) is 1. The van der Waals surface area contributed by atoms with Crippen LogP contribution >= 0.6 is 0 Å². The van der Waals surface area contributed by atoms with Crippen LogP contribution < -0.4 is 0 Å². The minimum atomic E-state index is 0.979. The molecular weight excluding hydrogens is 544 g/mol. The molecule has 0 N–H and O–H groups in total. The maximum atomic E-state index is 5.15. The van der Waals surface area contributed by atoms with Gasteiger partial charge in [-0.1, -0.05) is 128 Å². The number of benzene rings is 5. The molecule has 0 atom stereocenters. The van der Waals surface area contributed by atoms with Crippen molar-refractivity contribution in [3.8, 4) is 50.5 Å². The van der Waals surface area contributed by atoms with Crippen LogP contribution in [0.25, 0.3) is 61.4 Å². The first-order valence-electron chi connectivity index (χ1n) is 16.3. The van der Waals surface area contributed by atoms with Gasteiger partial charge in [0.1, 0.15) is 0 Å². The van der Waals surface area contributed by atoms with Gasteiger partial charge in [0.2, 0.25) is 0 Å². The lowest BCUT2D eigenvalue weighted by Crippen LogP contribution is -2.05. The molecule has 0 fully saturated rings. The predicted molar refractivity (Wildman–Crippen MR) is 189 cm³/mol. The quantitative estimate of drug-likeness (QED) is 0.198. The van der Waals surface area contributed by atoms with Crippen LogP contribution in [0, 0.1) is 0 Å². The molecule has 0 aliphatic heterocycles. The molecule has 0 bridgehead atoms. The Bertz CT molecular complexity index is 2070. The molecule has 5 aromatic carbocycles. The molecule has 0 saturated carbocycles. The number of hydrogen-bond donors (Lipinski definition) is 0. The first-order chi connectivity index (χ1) is 22.3. The number of aryl methyl sites for hydroxylation is 1. The topological polar surface area (TPSA) is 17.8 Å². The zero-order chi connectivity index (χ0) is 30.0. The summed E-state index contributed by atoms with van der Waals surface area (Å²) in [6, 6.07) is 52.4. The number of aromatic nitrogens is 2. The first-order valence-corrected chi connectivity index (χ1v) is 16.3. The summed E-state index contributed by atoms with van der Waals surface area (Å²) < 4.78 is 2.53. The van der Waals surface area contributed by atoms with Gasteiger partial charge in [0.15, 0.2) is 0 Å². The van der Waals surface area contributed by atoms with Crippen molar-refractivity contribution in [2.45, 2.75) is 38.5 Å². The van der Waals surface area contributed by atoms with Gasteiger partial charge in [0.05, 0.1) is 16.9 Å². The minimum absolute atomic E-state index is 0.979. The number of rotatable bonds is 5. The molecule has 45 heavy (non-hydrogen) atoms. The average molecular weight is 581 g/mol. The lowest BCUT2D eigenvalue weighted by molar-refractivity contribution is 0.608. The van der Waals surface area contributed by atoms with Crippen LogP contribution in [0.5, 0.6) is 0 Å². The number of para-hydroxylation sites is 1. The van der Waals surface area contributed by atoms with Crippen molar-refractivity contribution in [1.29, 1.82) is 0 Å². The molecule has 218 valence electrons. The Hall–Kier alpha value is -5.21. The summed E-state index contributed by atoms with van der Waals surface area (Å²) in [6.45, 7) is 0. The summed E-state index contributed by atoms with van der Waals surface area (Å²) in [4.78, 5) is 5.15. The van der Waals surface area contributed by atoms with Crippen molar-refractivity contribution in [2.75, 3.05) is 0 Å². The van der Waals surface area contributed by atoms with Crippen molar-refractivity contribution in [3.63, 3.8) is 0 Å². The number of nitrogens with zero attached hydrogens (tertiary/aromatic N) is 2. The Balaban J connectivity index is 1.20. The van der Waals surface area contributed by atoms with Crippen LogP contribution in [0.2, 0.25) is 0 Å². The Labute approximate surface area is 265 Å². The van der Waals surface area contributed by atoms with Gasteiger partial charge in [0.25, 0.3) is 0 Å². The van der Waals surface area contributed by atoms with Gasteiger partial charge in [-0.25, -0.2) is 4.98 Å². The van der Waals surface area contributed by atoms with Crippen LogP contribution in [0.3, 0.4) is 0 Å². The zero-order valence-corrected chi connectivity index (χ0v) is 25.5. The van der Waals surface area contributed by atoms with Gasteiger partial charge >= 0.3 is 0 Å². The van der Waals surface area contributed by atoms with Gasteiger partial charge in [-0.15, -0.1) is 0 Å². The van der Waals surface area contributed by atoms with E-state index in [4.69, 9.17) is 4.98 Å². The van der Waals surface area contributed by atoms with E-state index in [0.29, 0.717) is 0 Å². The fourth-order valence-electron chi connectivity index (χ4n) is 7.01. The smallest absolute Gasteiger partial charge is 0.0715 e. The third-order valence-electron chi connectivity index (χ3n) is 9.32. The third-order valence-corrected chi connectivity index (χ3v) is 9.32. The van der Waals surface area contributed by atoms with Crippen molar-refractivity contribution in [3.05, 3.63) is 157 Å². The van der Waals surface area contributed by atoms with E-state index in [1.165, 1.54) is 76.6 Å². The summed E-state index contributed by atoms with van der Waals surface area (Å²) in [7, 11) is 0. The summed E-state index contributed by atoms with van der Waals surface area (Å²) >= 11 is 0. The number of fused-ring (bicyclic) bond motifs is 3. The van der Waals surface area contributed by atoms with Crippen LogP contribution in [-0.4, -0.2) is 9.55 Å². The maximum absolute atomic E-state index is 5.15. The minimum Gasteiger partial charge on any atom is -0.313 e. The summed E-state index contributed by atoms with van der Waals surface area (Å²) in [6.07, 6.45) is 7.52. The highest BCUT2D eigenvalue weighted by Gasteiger charge is 2.19. The molecule has 1 aliphatic carbocycles. The van der Waals surface area contributed by atoms with E-state index in [2.05, 4.69) is 150 Å². The molecule has 2 nitrogen and oxygen atoms in total. The number of pyridine rings is 1. The Morgan fingerprint density at radius 2 is 0.933 bits per heavy atom. The molecule has 2 aromatic heterocycles. The molecule has 7 aromatic rings. The Kier molecular flexibility index (Phi) is 7.33.